The maximum atomic E-state index is 12.4. The minimum absolute atomic E-state index is 0.0593. The van der Waals surface area contributed by atoms with Crippen LogP contribution in [0.15, 0.2) is 52.1 Å². The number of benzene rings is 1. The molecular formula is C20H25ClN4O2S. The molecule has 0 spiro atoms. The molecule has 0 aliphatic carbocycles. The highest BCUT2D eigenvalue weighted by molar-refractivity contribution is 7.98. The number of halogens is 1. The highest BCUT2D eigenvalue weighted by atomic mass is 35.5. The van der Waals surface area contributed by atoms with Crippen LogP contribution in [0.1, 0.15) is 21.4 Å². The molecule has 1 aliphatic rings. The summed E-state index contributed by atoms with van der Waals surface area (Å²) < 4.78 is 5.22. The molecule has 1 saturated heterocycles. The van der Waals surface area contributed by atoms with Crippen LogP contribution in [0, 0.1) is 0 Å². The second-order valence-corrected chi connectivity index (χ2v) is 7.94. The zero-order valence-electron chi connectivity index (χ0n) is 16.1. The molecule has 1 unspecified atom stereocenters. The number of nitrogens with one attached hydrogen (secondary N) is 1. The summed E-state index contributed by atoms with van der Waals surface area (Å²) in [4.78, 5) is 20.8. The summed E-state index contributed by atoms with van der Waals surface area (Å²) in [5.74, 6) is 1.18. The van der Waals surface area contributed by atoms with Crippen molar-refractivity contribution < 1.29 is 9.21 Å². The molecule has 1 atom stereocenters. The van der Waals surface area contributed by atoms with E-state index in [1.807, 2.05) is 23.1 Å². The average Bonchev–Trinajstić information content (AvgIpc) is 3.26. The number of hydrogen-bond donors (Lipinski definition) is 1. The van der Waals surface area contributed by atoms with Gasteiger partial charge in [-0.25, -0.2) is 0 Å². The van der Waals surface area contributed by atoms with E-state index < -0.39 is 0 Å². The highest BCUT2D eigenvalue weighted by Gasteiger charge is 2.25. The number of amides is 1. The lowest BCUT2D eigenvalue weighted by Gasteiger charge is -2.36. The number of furan rings is 1. The molecular weight excluding hydrogens is 396 g/mol. The van der Waals surface area contributed by atoms with E-state index in [1.54, 1.807) is 30.9 Å². The first-order chi connectivity index (χ1) is 13.6. The molecule has 2 heterocycles. The smallest absolute Gasteiger partial charge is 0.289 e. The van der Waals surface area contributed by atoms with Crippen molar-refractivity contribution in [3.8, 4) is 0 Å². The predicted octanol–water partition coefficient (Wildman–Crippen LogP) is 3.37. The number of nitrogens with zero attached hydrogens (tertiary/aromatic N) is 3. The van der Waals surface area contributed by atoms with E-state index in [0.717, 1.165) is 30.6 Å². The number of hydrogen-bond acceptors (Lipinski definition) is 4. The summed E-state index contributed by atoms with van der Waals surface area (Å²) in [6.45, 7) is 3.49. The number of carbonyl (C=O) groups is 1. The van der Waals surface area contributed by atoms with Gasteiger partial charge in [0.15, 0.2) is 11.7 Å². The maximum absolute atomic E-state index is 12.4. The third kappa shape index (κ3) is 5.02. The van der Waals surface area contributed by atoms with Crippen molar-refractivity contribution in [1.29, 1.82) is 0 Å². The van der Waals surface area contributed by atoms with Crippen molar-refractivity contribution in [2.24, 2.45) is 4.99 Å². The van der Waals surface area contributed by atoms with Crippen LogP contribution in [-0.2, 0) is 0 Å². The Labute approximate surface area is 174 Å². The first-order valence-electron chi connectivity index (χ1n) is 9.19. The summed E-state index contributed by atoms with van der Waals surface area (Å²) in [5, 5.41) is 4.49. The van der Waals surface area contributed by atoms with Gasteiger partial charge in [-0.3, -0.25) is 9.79 Å². The molecule has 3 rings (SSSR count). The Morgan fingerprint density at radius 3 is 2.61 bits per heavy atom. The van der Waals surface area contributed by atoms with E-state index >= 15 is 0 Å². The molecule has 0 radical (unpaired) electrons. The van der Waals surface area contributed by atoms with Gasteiger partial charge in [0.25, 0.3) is 5.91 Å². The molecule has 0 bridgehead atoms. The Balaban J connectivity index is 1.54. The molecule has 0 saturated carbocycles. The van der Waals surface area contributed by atoms with E-state index in [9.17, 15) is 4.79 Å². The monoisotopic (exact) mass is 420 g/mol. The van der Waals surface area contributed by atoms with Gasteiger partial charge in [0.2, 0.25) is 0 Å². The van der Waals surface area contributed by atoms with Gasteiger partial charge in [-0.1, -0.05) is 23.7 Å². The minimum atomic E-state index is -0.0593. The first-order valence-corrected chi connectivity index (χ1v) is 10.9. The van der Waals surface area contributed by atoms with Gasteiger partial charge in [-0.05, 0) is 36.1 Å². The fourth-order valence-corrected chi connectivity index (χ4v) is 4.11. The number of thioether (sulfide) groups is 1. The van der Waals surface area contributed by atoms with Gasteiger partial charge in [-0.2, -0.15) is 11.8 Å². The maximum Gasteiger partial charge on any atom is 0.289 e. The quantitative estimate of drug-likeness (QED) is 0.593. The first kappa shape index (κ1) is 20.6. The molecule has 1 amide bonds. The lowest BCUT2D eigenvalue weighted by Crippen LogP contribution is -2.54. The second-order valence-electron chi connectivity index (χ2n) is 6.46. The Bertz CT molecular complexity index is 804. The normalized spacial score (nSPS) is 16.2. The highest BCUT2D eigenvalue weighted by Crippen LogP contribution is 2.27. The van der Waals surface area contributed by atoms with Crippen molar-refractivity contribution in [3.05, 3.63) is 59.0 Å². The lowest BCUT2D eigenvalue weighted by molar-refractivity contribution is 0.0658. The summed E-state index contributed by atoms with van der Waals surface area (Å²) in [5.41, 5.74) is 1.19. The summed E-state index contributed by atoms with van der Waals surface area (Å²) in [6.07, 6.45) is 3.62. The second kappa shape index (κ2) is 9.89. The zero-order chi connectivity index (χ0) is 19.9. The molecule has 150 valence electrons. The van der Waals surface area contributed by atoms with Gasteiger partial charge >= 0.3 is 0 Å². The van der Waals surface area contributed by atoms with Crippen LogP contribution < -0.4 is 5.32 Å². The Morgan fingerprint density at radius 2 is 2.00 bits per heavy atom. The molecule has 6 nitrogen and oxygen atoms in total. The summed E-state index contributed by atoms with van der Waals surface area (Å²) in [7, 11) is 1.79. The molecule has 1 fully saturated rings. The van der Waals surface area contributed by atoms with Gasteiger partial charge in [-0.15, -0.1) is 0 Å². The van der Waals surface area contributed by atoms with E-state index in [1.165, 1.54) is 11.8 Å². The van der Waals surface area contributed by atoms with Crippen molar-refractivity contribution in [2.45, 2.75) is 5.25 Å². The van der Waals surface area contributed by atoms with Gasteiger partial charge in [0, 0.05) is 50.0 Å². The van der Waals surface area contributed by atoms with Crippen molar-refractivity contribution in [1.82, 2.24) is 15.1 Å². The van der Waals surface area contributed by atoms with Gasteiger partial charge in [0.05, 0.1) is 6.26 Å². The average molecular weight is 421 g/mol. The number of guanidine groups is 1. The van der Waals surface area contributed by atoms with Crippen LogP contribution in [0.3, 0.4) is 0 Å². The number of piperazine rings is 1. The number of carbonyl (C=O) groups excluding carboxylic acids is 1. The van der Waals surface area contributed by atoms with Crippen LogP contribution in [-0.4, -0.2) is 67.7 Å². The van der Waals surface area contributed by atoms with Crippen LogP contribution in [0.25, 0.3) is 0 Å². The third-order valence-corrected chi connectivity index (χ3v) is 6.00. The molecule has 1 N–H and O–H groups in total. The van der Waals surface area contributed by atoms with E-state index in [4.69, 9.17) is 16.0 Å². The fraction of sp³-hybridized carbons (Fsp3) is 0.400. The van der Waals surface area contributed by atoms with Crippen LogP contribution in [0.2, 0.25) is 5.02 Å². The molecule has 8 heteroatoms. The fourth-order valence-electron chi connectivity index (χ4n) is 3.24. The standard InChI is InChI=1S/C20H25ClN4O2S/c1-22-20(23-14-18(28-2)15-5-3-6-16(21)13-15)25-10-8-24(9-11-25)19(26)17-7-4-12-27-17/h3-7,12-13,18H,8-11,14H2,1-2H3,(H,22,23). The Kier molecular flexibility index (Phi) is 7.28. The molecule has 1 aromatic heterocycles. The van der Waals surface area contributed by atoms with Crippen molar-refractivity contribution in [3.63, 3.8) is 0 Å². The Hall–Kier alpha value is -2.12. The van der Waals surface area contributed by atoms with Gasteiger partial charge < -0.3 is 19.5 Å². The largest absolute Gasteiger partial charge is 0.459 e. The van der Waals surface area contributed by atoms with Gasteiger partial charge in [0.1, 0.15) is 0 Å². The Morgan fingerprint density at radius 1 is 1.25 bits per heavy atom. The van der Waals surface area contributed by atoms with Crippen LogP contribution >= 0.6 is 23.4 Å². The van der Waals surface area contributed by atoms with E-state index in [0.29, 0.717) is 18.8 Å². The van der Waals surface area contributed by atoms with E-state index in [2.05, 4.69) is 27.5 Å². The number of aliphatic imine (C=N–C) groups is 1. The molecule has 1 aliphatic heterocycles. The minimum Gasteiger partial charge on any atom is -0.459 e. The summed E-state index contributed by atoms with van der Waals surface area (Å²) >= 11 is 7.91. The van der Waals surface area contributed by atoms with E-state index in [-0.39, 0.29) is 11.2 Å². The summed E-state index contributed by atoms with van der Waals surface area (Å²) in [6, 6.07) is 11.4. The van der Waals surface area contributed by atoms with Crippen molar-refractivity contribution in [2.75, 3.05) is 46.0 Å². The van der Waals surface area contributed by atoms with Crippen LogP contribution in [0.4, 0.5) is 0 Å². The third-order valence-electron chi connectivity index (χ3n) is 4.76. The zero-order valence-corrected chi connectivity index (χ0v) is 17.7. The lowest BCUT2D eigenvalue weighted by atomic mass is 10.1. The molecule has 28 heavy (non-hydrogen) atoms. The van der Waals surface area contributed by atoms with Crippen LogP contribution in [0.5, 0.6) is 0 Å². The molecule has 2 aromatic rings. The predicted molar refractivity (Wildman–Crippen MR) is 115 cm³/mol. The molecule has 1 aromatic carbocycles. The van der Waals surface area contributed by atoms with Crippen molar-refractivity contribution >= 4 is 35.2 Å². The number of rotatable bonds is 5. The topological polar surface area (TPSA) is 61.1 Å². The SMILES string of the molecule is CN=C(NCC(SC)c1cccc(Cl)c1)N1CCN(C(=O)c2ccco2)CC1.